The van der Waals surface area contributed by atoms with Crippen molar-refractivity contribution in [3.63, 3.8) is 0 Å². The van der Waals surface area contributed by atoms with Gasteiger partial charge < -0.3 is 0 Å². The van der Waals surface area contributed by atoms with E-state index in [4.69, 9.17) is 0 Å². The van der Waals surface area contributed by atoms with Crippen LogP contribution in [0.4, 0.5) is 4.39 Å². The van der Waals surface area contributed by atoms with Gasteiger partial charge in [0.05, 0.1) is 0 Å². The van der Waals surface area contributed by atoms with E-state index in [1.807, 2.05) is 0 Å². The lowest BCUT2D eigenvalue weighted by Gasteiger charge is -1.93. The smallest absolute Gasteiger partial charge is 0.244 e. The van der Waals surface area contributed by atoms with E-state index in [2.05, 4.69) is 11.9 Å². The molecule has 1 heterocycles. The third-order valence-electron chi connectivity index (χ3n) is 2.20. The number of nitrogens with zero attached hydrogens (tertiary/aromatic N) is 1. The second-order valence-corrected chi connectivity index (χ2v) is 6.00. The fourth-order valence-corrected chi connectivity index (χ4v) is 3.12. The molecule has 0 aromatic heterocycles. The summed E-state index contributed by atoms with van der Waals surface area (Å²) in [6, 6.07) is 6.00. The number of carbonyl (C=O) groups is 1. The van der Waals surface area contributed by atoms with Crippen LogP contribution in [0.1, 0.15) is 18.9 Å². The molecule has 2 rings (SSSR count). The quantitative estimate of drug-likeness (QED) is 0.786. The van der Waals surface area contributed by atoms with Gasteiger partial charge in [0.25, 0.3) is 0 Å². The van der Waals surface area contributed by atoms with E-state index in [-0.39, 0.29) is 10.9 Å². The number of aliphatic imine (C=N–C) groups is 1. The lowest BCUT2D eigenvalue weighted by atomic mass is 10.2. The van der Waals surface area contributed by atoms with Crippen molar-refractivity contribution in [3.8, 4) is 0 Å². The van der Waals surface area contributed by atoms with Crippen LogP contribution in [-0.2, 0) is 4.79 Å². The Morgan fingerprint density at radius 3 is 2.78 bits per heavy atom. The standard InChI is InChI=1S/C13H12FNOS2/c1-2-7-17-13-15-11(12(16)18-13)8-9-3-5-10(14)6-4-9/h3-6,8H,2,7H2,1H3/b11-8-. The van der Waals surface area contributed by atoms with E-state index in [1.165, 1.54) is 23.9 Å². The molecule has 1 aliphatic rings. The van der Waals surface area contributed by atoms with E-state index >= 15 is 0 Å². The zero-order valence-corrected chi connectivity index (χ0v) is 11.5. The highest BCUT2D eigenvalue weighted by Gasteiger charge is 2.21. The van der Waals surface area contributed by atoms with Crippen LogP contribution >= 0.6 is 23.5 Å². The SMILES string of the molecule is CCCSC1=N/C(=C\c2ccc(F)cc2)C(=O)S1. The number of rotatable bonds is 3. The van der Waals surface area contributed by atoms with Crippen molar-refractivity contribution < 1.29 is 9.18 Å². The average Bonchev–Trinajstić information content (AvgIpc) is 2.70. The van der Waals surface area contributed by atoms with Crippen molar-refractivity contribution >= 4 is 39.1 Å². The average molecular weight is 281 g/mol. The maximum Gasteiger partial charge on any atom is 0.244 e. The highest BCUT2D eigenvalue weighted by Crippen LogP contribution is 2.31. The monoisotopic (exact) mass is 281 g/mol. The number of halogens is 1. The molecule has 1 aliphatic heterocycles. The van der Waals surface area contributed by atoms with Crippen molar-refractivity contribution in [1.29, 1.82) is 0 Å². The Kier molecular flexibility index (Phi) is 4.60. The minimum absolute atomic E-state index is 0.0436. The van der Waals surface area contributed by atoms with Gasteiger partial charge in [0.1, 0.15) is 15.9 Å². The van der Waals surface area contributed by atoms with Crippen LogP contribution < -0.4 is 0 Å². The first-order valence-corrected chi connectivity index (χ1v) is 7.40. The Morgan fingerprint density at radius 2 is 2.11 bits per heavy atom. The number of hydrogen-bond donors (Lipinski definition) is 0. The Balaban J connectivity index is 2.14. The fraction of sp³-hybridized carbons (Fsp3) is 0.231. The van der Waals surface area contributed by atoms with Gasteiger partial charge in [-0.1, -0.05) is 30.8 Å². The first-order valence-electron chi connectivity index (χ1n) is 5.60. The summed E-state index contributed by atoms with van der Waals surface area (Å²) in [4.78, 5) is 16.0. The predicted octanol–water partition coefficient (Wildman–Crippen LogP) is 3.94. The molecule has 0 radical (unpaired) electrons. The minimum atomic E-state index is -0.285. The minimum Gasteiger partial charge on any atom is -0.279 e. The third-order valence-corrected chi connectivity index (χ3v) is 4.42. The Hall–Kier alpha value is -1.07. The fourth-order valence-electron chi connectivity index (χ4n) is 1.36. The molecule has 0 saturated heterocycles. The van der Waals surface area contributed by atoms with E-state index in [9.17, 15) is 9.18 Å². The summed E-state index contributed by atoms with van der Waals surface area (Å²) in [5.41, 5.74) is 1.22. The summed E-state index contributed by atoms with van der Waals surface area (Å²) < 4.78 is 13.6. The second-order valence-electron chi connectivity index (χ2n) is 3.70. The summed E-state index contributed by atoms with van der Waals surface area (Å²) in [5, 5.41) is -0.0436. The van der Waals surface area contributed by atoms with Crippen molar-refractivity contribution in [2.75, 3.05) is 5.75 Å². The molecule has 0 amide bonds. The Morgan fingerprint density at radius 1 is 1.39 bits per heavy atom. The van der Waals surface area contributed by atoms with Crippen molar-refractivity contribution in [2.45, 2.75) is 13.3 Å². The second kappa shape index (κ2) is 6.20. The van der Waals surface area contributed by atoms with Gasteiger partial charge in [-0.2, -0.15) is 0 Å². The molecule has 0 aliphatic carbocycles. The summed E-state index contributed by atoms with van der Waals surface area (Å²) in [7, 11) is 0. The van der Waals surface area contributed by atoms with Gasteiger partial charge in [-0.25, -0.2) is 9.38 Å². The van der Waals surface area contributed by atoms with Crippen LogP contribution in [0, 0.1) is 5.82 Å². The van der Waals surface area contributed by atoms with Crippen LogP contribution in [0.3, 0.4) is 0 Å². The van der Waals surface area contributed by atoms with Crippen LogP contribution in [0.15, 0.2) is 35.0 Å². The number of benzene rings is 1. The Bertz CT molecular complexity index is 508. The van der Waals surface area contributed by atoms with E-state index in [0.717, 1.165) is 22.1 Å². The number of carbonyl (C=O) groups excluding carboxylic acids is 1. The molecule has 94 valence electrons. The maximum atomic E-state index is 12.8. The van der Waals surface area contributed by atoms with Gasteiger partial charge in [-0.05, 0) is 47.7 Å². The molecule has 5 heteroatoms. The van der Waals surface area contributed by atoms with Gasteiger partial charge in [-0.15, -0.1) is 0 Å². The maximum absolute atomic E-state index is 12.8. The topological polar surface area (TPSA) is 29.4 Å². The predicted molar refractivity (Wildman–Crippen MR) is 77.2 cm³/mol. The van der Waals surface area contributed by atoms with Crippen LogP contribution in [0.25, 0.3) is 6.08 Å². The summed E-state index contributed by atoms with van der Waals surface area (Å²) in [6.45, 7) is 2.09. The van der Waals surface area contributed by atoms with E-state index in [1.54, 1.807) is 30.0 Å². The lowest BCUT2D eigenvalue weighted by Crippen LogP contribution is -1.88. The molecule has 0 spiro atoms. The highest BCUT2D eigenvalue weighted by atomic mass is 32.2. The van der Waals surface area contributed by atoms with Crippen molar-refractivity contribution in [2.24, 2.45) is 4.99 Å². The summed E-state index contributed by atoms with van der Waals surface area (Å²) >= 11 is 2.76. The zero-order chi connectivity index (χ0) is 13.0. The van der Waals surface area contributed by atoms with Crippen LogP contribution in [-0.4, -0.2) is 15.2 Å². The molecule has 0 atom stereocenters. The molecule has 0 unspecified atom stereocenters. The van der Waals surface area contributed by atoms with E-state index < -0.39 is 0 Å². The Labute approximate surface area is 114 Å². The molecule has 18 heavy (non-hydrogen) atoms. The van der Waals surface area contributed by atoms with Crippen molar-refractivity contribution in [1.82, 2.24) is 0 Å². The molecule has 1 aromatic carbocycles. The van der Waals surface area contributed by atoms with Gasteiger partial charge in [-0.3, -0.25) is 4.79 Å². The molecule has 1 aromatic rings. The van der Waals surface area contributed by atoms with Gasteiger partial charge in [0.2, 0.25) is 5.12 Å². The van der Waals surface area contributed by atoms with E-state index in [0.29, 0.717) is 5.70 Å². The molecule has 0 fully saturated rings. The van der Waals surface area contributed by atoms with Gasteiger partial charge in [0.15, 0.2) is 0 Å². The van der Waals surface area contributed by atoms with Gasteiger partial charge >= 0.3 is 0 Å². The highest BCUT2D eigenvalue weighted by molar-refractivity contribution is 8.45. The van der Waals surface area contributed by atoms with Crippen molar-refractivity contribution in [3.05, 3.63) is 41.3 Å². The molecule has 0 saturated carbocycles. The molecule has 0 N–H and O–H groups in total. The number of hydrogen-bond acceptors (Lipinski definition) is 4. The molecular formula is C13H12FNOS2. The van der Waals surface area contributed by atoms with Crippen LogP contribution in [0.5, 0.6) is 0 Å². The molecule has 0 bridgehead atoms. The molecule has 2 nitrogen and oxygen atoms in total. The molecular weight excluding hydrogens is 269 g/mol. The zero-order valence-electron chi connectivity index (χ0n) is 9.85. The summed E-state index contributed by atoms with van der Waals surface area (Å²) in [6.07, 6.45) is 2.74. The largest absolute Gasteiger partial charge is 0.279 e. The van der Waals surface area contributed by atoms with Gasteiger partial charge in [0, 0.05) is 0 Å². The van der Waals surface area contributed by atoms with Crippen LogP contribution in [0.2, 0.25) is 0 Å². The number of thioether (sulfide) groups is 2. The third kappa shape index (κ3) is 3.46. The first-order chi connectivity index (χ1) is 8.69. The normalized spacial score (nSPS) is 17.3. The lowest BCUT2D eigenvalue weighted by molar-refractivity contribution is -0.107. The first kappa shape index (κ1) is 13.4. The summed E-state index contributed by atoms with van der Waals surface area (Å²) in [5.74, 6) is 0.676.